The molecule has 0 aromatic carbocycles. The van der Waals surface area contributed by atoms with Crippen LogP contribution in [0.25, 0.3) is 0 Å². The number of carbonyl (C=O) groups excluding carboxylic acids is 2. The summed E-state index contributed by atoms with van der Waals surface area (Å²) >= 11 is 4.33. The van der Waals surface area contributed by atoms with Crippen molar-refractivity contribution < 1.29 is 9.59 Å². The third-order valence-electron chi connectivity index (χ3n) is 4.49. The molecule has 3 fully saturated rings. The number of carbonyl (C=O) groups is 2. The van der Waals surface area contributed by atoms with Crippen LogP contribution in [0.3, 0.4) is 0 Å². The first-order chi connectivity index (χ1) is 8.11. The topological polar surface area (TPSA) is 49.4 Å². The number of rotatable bonds is 3. The average Bonchev–Trinajstić information content (AvgIpc) is 2.89. The summed E-state index contributed by atoms with van der Waals surface area (Å²) in [6.07, 6.45) is 5.86. The van der Waals surface area contributed by atoms with Crippen molar-refractivity contribution >= 4 is 24.6 Å². The van der Waals surface area contributed by atoms with E-state index in [2.05, 4.69) is 17.9 Å². The van der Waals surface area contributed by atoms with Crippen molar-refractivity contribution in [1.82, 2.24) is 10.2 Å². The summed E-state index contributed by atoms with van der Waals surface area (Å²) in [4.78, 5) is 25.8. The fourth-order valence-corrected chi connectivity index (χ4v) is 3.43. The highest BCUT2D eigenvalue weighted by Gasteiger charge is 2.55. The first-order valence-electron chi connectivity index (χ1n) is 6.36. The van der Waals surface area contributed by atoms with Gasteiger partial charge in [0.1, 0.15) is 5.54 Å². The second kappa shape index (κ2) is 3.64. The number of urea groups is 1. The zero-order valence-electron chi connectivity index (χ0n) is 9.87. The molecule has 1 spiro atoms. The van der Waals surface area contributed by atoms with Gasteiger partial charge in [-0.3, -0.25) is 9.69 Å². The molecule has 1 aliphatic heterocycles. The van der Waals surface area contributed by atoms with E-state index in [4.69, 9.17) is 0 Å². The summed E-state index contributed by atoms with van der Waals surface area (Å²) in [6, 6.07) is -0.190. The fraction of sp³-hybridized carbons (Fsp3) is 0.833. The summed E-state index contributed by atoms with van der Waals surface area (Å²) in [7, 11) is 0. The van der Waals surface area contributed by atoms with Crippen molar-refractivity contribution in [3.05, 3.63) is 0 Å². The third-order valence-corrected chi connectivity index (χ3v) is 5.16. The molecule has 4 nitrogen and oxygen atoms in total. The Morgan fingerprint density at radius 1 is 1.18 bits per heavy atom. The molecule has 0 atom stereocenters. The number of thiol groups is 1. The van der Waals surface area contributed by atoms with Gasteiger partial charge in [0.15, 0.2) is 0 Å². The van der Waals surface area contributed by atoms with Gasteiger partial charge < -0.3 is 5.32 Å². The monoisotopic (exact) mass is 254 g/mol. The molecule has 3 aliphatic rings. The maximum atomic E-state index is 12.4. The predicted octanol–water partition coefficient (Wildman–Crippen LogP) is 1.56. The average molecular weight is 254 g/mol. The van der Waals surface area contributed by atoms with Crippen LogP contribution in [-0.2, 0) is 4.79 Å². The molecule has 0 radical (unpaired) electrons. The van der Waals surface area contributed by atoms with E-state index in [-0.39, 0.29) is 17.4 Å². The zero-order valence-corrected chi connectivity index (χ0v) is 10.8. The van der Waals surface area contributed by atoms with Gasteiger partial charge in [-0.2, -0.15) is 12.6 Å². The van der Waals surface area contributed by atoms with Gasteiger partial charge in [0.05, 0.1) is 0 Å². The fourth-order valence-electron chi connectivity index (χ4n) is 3.02. The summed E-state index contributed by atoms with van der Waals surface area (Å²) in [5.74, 6) is 0.768. The Labute approximate surface area is 107 Å². The summed E-state index contributed by atoms with van der Waals surface area (Å²) in [5.41, 5.74) is -0.440. The summed E-state index contributed by atoms with van der Waals surface area (Å²) in [5, 5.41) is 2.92. The molecular formula is C12H18N2O2S. The molecule has 94 valence electrons. The second-order valence-electron chi connectivity index (χ2n) is 5.77. The van der Waals surface area contributed by atoms with Gasteiger partial charge >= 0.3 is 6.03 Å². The molecule has 1 heterocycles. The molecule has 2 aliphatic carbocycles. The van der Waals surface area contributed by atoms with Crippen LogP contribution in [0.5, 0.6) is 0 Å². The SMILES string of the molecule is O=C1NC2(CCCC2)C(=O)N1CC1(CS)CC1. The second-order valence-corrected chi connectivity index (χ2v) is 6.09. The molecule has 3 amide bonds. The van der Waals surface area contributed by atoms with Gasteiger partial charge in [0.25, 0.3) is 5.91 Å². The van der Waals surface area contributed by atoms with Crippen molar-refractivity contribution in [1.29, 1.82) is 0 Å². The highest BCUT2D eigenvalue weighted by molar-refractivity contribution is 7.80. The van der Waals surface area contributed by atoms with Crippen LogP contribution in [0, 0.1) is 5.41 Å². The Morgan fingerprint density at radius 3 is 2.35 bits per heavy atom. The first kappa shape index (κ1) is 11.4. The maximum Gasteiger partial charge on any atom is 0.325 e. The molecule has 17 heavy (non-hydrogen) atoms. The summed E-state index contributed by atoms with van der Waals surface area (Å²) < 4.78 is 0. The predicted molar refractivity (Wildman–Crippen MR) is 67.0 cm³/mol. The lowest BCUT2D eigenvalue weighted by Gasteiger charge is -2.22. The molecule has 0 bridgehead atoms. The zero-order chi connectivity index (χ0) is 12.1. The van der Waals surface area contributed by atoms with Crippen LogP contribution < -0.4 is 5.32 Å². The third kappa shape index (κ3) is 1.66. The highest BCUT2D eigenvalue weighted by atomic mass is 32.1. The van der Waals surface area contributed by atoms with Crippen molar-refractivity contribution in [3.63, 3.8) is 0 Å². The molecule has 0 aromatic rings. The normalized spacial score (nSPS) is 28.9. The minimum atomic E-state index is -0.552. The molecule has 0 unspecified atom stereocenters. The van der Waals surface area contributed by atoms with Crippen LogP contribution in [0.4, 0.5) is 4.79 Å². The van der Waals surface area contributed by atoms with Crippen LogP contribution in [0.1, 0.15) is 38.5 Å². The standard InChI is InChI=1S/C12H18N2O2S/c15-9-12(3-1-2-4-12)13-10(16)14(9)7-11(8-17)5-6-11/h17H,1-8H2,(H,13,16). The Hall–Kier alpha value is -0.710. The smallest absolute Gasteiger partial charge is 0.323 e. The van der Waals surface area contributed by atoms with E-state index in [9.17, 15) is 9.59 Å². The van der Waals surface area contributed by atoms with Crippen molar-refractivity contribution in [2.75, 3.05) is 12.3 Å². The van der Waals surface area contributed by atoms with Crippen LogP contribution in [-0.4, -0.2) is 34.7 Å². The highest BCUT2D eigenvalue weighted by Crippen LogP contribution is 2.48. The molecule has 3 rings (SSSR count). The lowest BCUT2D eigenvalue weighted by Crippen LogP contribution is -2.44. The molecule has 1 N–H and O–H groups in total. The van der Waals surface area contributed by atoms with E-state index in [0.29, 0.717) is 6.54 Å². The van der Waals surface area contributed by atoms with Gasteiger partial charge in [-0.15, -0.1) is 0 Å². The van der Waals surface area contributed by atoms with Gasteiger partial charge in [0, 0.05) is 6.54 Å². The van der Waals surface area contributed by atoms with E-state index in [1.807, 2.05) is 0 Å². The Balaban J connectivity index is 1.77. The number of hydrogen-bond acceptors (Lipinski definition) is 3. The van der Waals surface area contributed by atoms with E-state index < -0.39 is 5.54 Å². The minimum Gasteiger partial charge on any atom is -0.323 e. The van der Waals surface area contributed by atoms with Crippen LogP contribution in [0.15, 0.2) is 0 Å². The molecule has 1 saturated heterocycles. The Kier molecular flexibility index (Phi) is 2.44. The van der Waals surface area contributed by atoms with E-state index >= 15 is 0 Å². The van der Waals surface area contributed by atoms with E-state index in [1.165, 1.54) is 4.90 Å². The lowest BCUT2D eigenvalue weighted by atomic mass is 9.97. The molecule has 0 aromatic heterocycles. The maximum absolute atomic E-state index is 12.4. The van der Waals surface area contributed by atoms with Gasteiger partial charge in [-0.25, -0.2) is 4.79 Å². The van der Waals surface area contributed by atoms with Crippen molar-refractivity contribution in [2.24, 2.45) is 5.41 Å². The van der Waals surface area contributed by atoms with Crippen LogP contribution in [0.2, 0.25) is 0 Å². The van der Waals surface area contributed by atoms with Crippen LogP contribution >= 0.6 is 12.6 Å². The molecule has 5 heteroatoms. The molecule has 2 saturated carbocycles. The van der Waals surface area contributed by atoms with E-state index in [0.717, 1.165) is 44.3 Å². The Bertz CT molecular complexity index is 373. The van der Waals surface area contributed by atoms with Crippen molar-refractivity contribution in [2.45, 2.75) is 44.1 Å². The quantitative estimate of drug-likeness (QED) is 0.593. The summed E-state index contributed by atoms with van der Waals surface area (Å²) in [6.45, 7) is 0.558. The number of hydrogen-bond donors (Lipinski definition) is 2. The largest absolute Gasteiger partial charge is 0.325 e. The number of nitrogens with one attached hydrogen (secondary N) is 1. The van der Waals surface area contributed by atoms with Gasteiger partial charge in [-0.05, 0) is 36.9 Å². The van der Waals surface area contributed by atoms with Gasteiger partial charge in [-0.1, -0.05) is 12.8 Å². The number of amides is 3. The number of nitrogens with zero attached hydrogens (tertiary/aromatic N) is 1. The number of imide groups is 1. The first-order valence-corrected chi connectivity index (χ1v) is 6.99. The Morgan fingerprint density at radius 2 is 1.82 bits per heavy atom. The minimum absolute atomic E-state index is 0.00746. The lowest BCUT2D eigenvalue weighted by molar-refractivity contribution is -0.131. The van der Waals surface area contributed by atoms with Gasteiger partial charge in [0.2, 0.25) is 0 Å². The molecular weight excluding hydrogens is 236 g/mol. The van der Waals surface area contributed by atoms with Crippen molar-refractivity contribution in [3.8, 4) is 0 Å². The van der Waals surface area contributed by atoms with E-state index in [1.54, 1.807) is 0 Å².